The molecule has 0 amide bonds. The number of allylic oxidation sites excluding steroid dienone is 3. The molecule has 7 nitrogen and oxygen atoms in total. The predicted octanol–water partition coefficient (Wildman–Crippen LogP) is 2.99. The van der Waals surface area contributed by atoms with E-state index in [0.29, 0.717) is 12.3 Å². The smallest absolute Gasteiger partial charge is 0.185 e. The molecule has 8 unspecified atom stereocenters. The van der Waals surface area contributed by atoms with Gasteiger partial charge in [-0.1, -0.05) is 32.1 Å². The highest BCUT2D eigenvalue weighted by Gasteiger charge is 2.67. The quantitative estimate of drug-likeness (QED) is 0.371. The maximum absolute atomic E-state index is 14.1. The molecule has 0 spiro atoms. The number of hydrogen-bond donors (Lipinski definition) is 3. The van der Waals surface area contributed by atoms with Crippen LogP contribution in [0.25, 0.3) is 0 Å². The Labute approximate surface area is 224 Å². The minimum Gasteiger partial charge on any atom is -0.389 e. The summed E-state index contributed by atoms with van der Waals surface area (Å²) in [5.74, 6) is -6.03. The van der Waals surface area contributed by atoms with Crippen LogP contribution >= 0.6 is 0 Å². The lowest BCUT2D eigenvalue weighted by molar-refractivity contribution is -0.207. The first-order valence-corrected chi connectivity index (χ1v) is 14.5. The Bertz CT molecular complexity index is 1070. The zero-order valence-corrected chi connectivity index (χ0v) is 22.7. The Balaban J connectivity index is 1.44. The van der Waals surface area contributed by atoms with Crippen LogP contribution in [-0.4, -0.2) is 56.3 Å². The Morgan fingerprint density at radius 2 is 1.84 bits per heavy atom. The zero-order chi connectivity index (χ0) is 27.5. The molecule has 5 rings (SSSR count). The standard InChI is InChI=1S/C31H42O7/c1-15(2)21-12-18(10-9-17-7-5-4-6-8-17)27(34)26-22(21)13-19-11-20-14-23(33)24(16(3)32)29(36)31(20,38)30(37)25(19)28(26)35/h4-5,12,15,17,19-22,24-27,30,34,37-38H,6-11,13-14H2,1-3H3/t17?,19-,20+,21?,22?,24?,25?,26?,27?,30?,31-/m1/s1. The van der Waals surface area contributed by atoms with E-state index < -0.39 is 58.8 Å². The van der Waals surface area contributed by atoms with Crippen LogP contribution in [-0.2, 0) is 19.2 Å². The summed E-state index contributed by atoms with van der Waals surface area (Å²) < 4.78 is 0. The monoisotopic (exact) mass is 526 g/mol. The van der Waals surface area contributed by atoms with Gasteiger partial charge in [-0.15, -0.1) is 0 Å². The van der Waals surface area contributed by atoms with Crippen molar-refractivity contribution in [2.24, 2.45) is 53.3 Å². The highest BCUT2D eigenvalue weighted by Crippen LogP contribution is 2.56. The first-order chi connectivity index (χ1) is 18.0. The Kier molecular flexibility index (Phi) is 7.42. The molecule has 0 radical (unpaired) electrons. The van der Waals surface area contributed by atoms with Crippen LogP contribution in [0.3, 0.4) is 0 Å². The topological polar surface area (TPSA) is 129 Å². The number of rotatable bonds is 5. The van der Waals surface area contributed by atoms with Crippen LogP contribution in [0.15, 0.2) is 23.8 Å². The van der Waals surface area contributed by atoms with E-state index in [1.54, 1.807) is 0 Å². The summed E-state index contributed by atoms with van der Waals surface area (Å²) >= 11 is 0. The largest absolute Gasteiger partial charge is 0.389 e. The lowest BCUT2D eigenvalue weighted by Crippen LogP contribution is -2.71. The van der Waals surface area contributed by atoms with Crippen LogP contribution in [0.5, 0.6) is 0 Å². The van der Waals surface area contributed by atoms with E-state index in [1.807, 2.05) is 0 Å². The average molecular weight is 527 g/mol. The average Bonchev–Trinajstić information content (AvgIpc) is 2.86. The van der Waals surface area contributed by atoms with E-state index in [1.165, 1.54) is 0 Å². The van der Waals surface area contributed by atoms with Gasteiger partial charge in [-0.3, -0.25) is 19.2 Å². The molecule has 0 aromatic heterocycles. The van der Waals surface area contributed by atoms with Gasteiger partial charge in [0.1, 0.15) is 23.6 Å². The van der Waals surface area contributed by atoms with Gasteiger partial charge in [0.2, 0.25) is 0 Å². The summed E-state index contributed by atoms with van der Waals surface area (Å²) in [5.41, 5.74) is -1.41. The molecule has 0 aromatic rings. The van der Waals surface area contributed by atoms with Crippen molar-refractivity contribution in [3.05, 3.63) is 23.8 Å². The van der Waals surface area contributed by atoms with Gasteiger partial charge in [0.15, 0.2) is 17.2 Å². The van der Waals surface area contributed by atoms with Crippen molar-refractivity contribution >= 4 is 23.1 Å². The Hall–Kier alpha value is -1.96. The number of ketones is 4. The molecule has 3 fully saturated rings. The van der Waals surface area contributed by atoms with Gasteiger partial charge in [0.05, 0.1) is 17.9 Å². The van der Waals surface area contributed by atoms with Crippen LogP contribution < -0.4 is 0 Å². The van der Waals surface area contributed by atoms with E-state index in [2.05, 4.69) is 32.1 Å². The molecule has 7 heteroatoms. The minimum atomic E-state index is -2.31. The van der Waals surface area contributed by atoms with Gasteiger partial charge >= 0.3 is 0 Å². The van der Waals surface area contributed by atoms with Crippen LogP contribution in [0.2, 0.25) is 0 Å². The summed E-state index contributed by atoms with van der Waals surface area (Å²) in [4.78, 5) is 52.1. The third kappa shape index (κ3) is 4.29. The third-order valence-corrected chi connectivity index (χ3v) is 10.6. The van der Waals surface area contributed by atoms with Gasteiger partial charge < -0.3 is 15.3 Å². The molecule has 5 aliphatic carbocycles. The maximum Gasteiger partial charge on any atom is 0.185 e. The van der Waals surface area contributed by atoms with Crippen LogP contribution in [0, 0.1) is 53.3 Å². The molecule has 0 saturated heterocycles. The second-order valence-electron chi connectivity index (χ2n) is 13.1. The lowest BCUT2D eigenvalue weighted by atomic mass is 9.48. The second-order valence-corrected chi connectivity index (χ2v) is 13.1. The summed E-state index contributed by atoms with van der Waals surface area (Å²) in [6.45, 7) is 5.40. The molecule has 38 heavy (non-hydrogen) atoms. The van der Waals surface area contributed by atoms with E-state index >= 15 is 0 Å². The normalized spacial score (nSPS) is 44.8. The molecular formula is C31H42O7. The molecule has 5 aliphatic rings. The SMILES string of the molecule is CC(=O)C1C(=O)C[C@@H]2C[C@@H]3CC4C(C(C)C)C=C(CCC5CC=CCC5)C(O)C4C(=O)C3C(O)[C@]2(O)C1=O. The molecule has 208 valence electrons. The molecule has 0 heterocycles. The van der Waals surface area contributed by atoms with E-state index in [4.69, 9.17) is 0 Å². The predicted molar refractivity (Wildman–Crippen MR) is 140 cm³/mol. The molecule has 11 atom stereocenters. The van der Waals surface area contributed by atoms with Gasteiger partial charge in [0.25, 0.3) is 0 Å². The fourth-order valence-corrected chi connectivity index (χ4v) is 8.65. The fraction of sp³-hybridized carbons (Fsp3) is 0.742. The van der Waals surface area contributed by atoms with Gasteiger partial charge in [-0.2, -0.15) is 0 Å². The van der Waals surface area contributed by atoms with Crippen LogP contribution in [0.4, 0.5) is 0 Å². The van der Waals surface area contributed by atoms with Crippen molar-refractivity contribution in [1.82, 2.24) is 0 Å². The number of aliphatic hydroxyl groups excluding tert-OH is 2. The first-order valence-electron chi connectivity index (χ1n) is 14.5. The van der Waals surface area contributed by atoms with E-state index in [-0.39, 0.29) is 42.3 Å². The van der Waals surface area contributed by atoms with Crippen molar-refractivity contribution in [3.63, 3.8) is 0 Å². The number of carbonyl (C=O) groups excluding carboxylic acids is 4. The zero-order valence-electron chi connectivity index (χ0n) is 22.7. The summed E-state index contributed by atoms with van der Waals surface area (Å²) in [5, 5.41) is 34.6. The molecule has 3 saturated carbocycles. The Morgan fingerprint density at radius 3 is 2.47 bits per heavy atom. The molecule has 0 bridgehead atoms. The molecular weight excluding hydrogens is 484 g/mol. The summed E-state index contributed by atoms with van der Waals surface area (Å²) in [7, 11) is 0. The number of carbonyl (C=O) groups is 4. The van der Waals surface area contributed by atoms with Gasteiger partial charge in [-0.25, -0.2) is 0 Å². The number of Topliss-reactive ketones (excluding diaryl/α,β-unsaturated/α-hetero) is 4. The first kappa shape index (κ1) is 27.6. The van der Waals surface area contributed by atoms with Crippen molar-refractivity contribution in [2.45, 2.75) is 89.9 Å². The summed E-state index contributed by atoms with van der Waals surface area (Å²) in [6.07, 6.45) is 9.59. The van der Waals surface area contributed by atoms with Crippen LogP contribution in [0.1, 0.15) is 72.1 Å². The Morgan fingerprint density at radius 1 is 1.11 bits per heavy atom. The number of hydrogen-bond acceptors (Lipinski definition) is 7. The van der Waals surface area contributed by atoms with Gasteiger partial charge in [-0.05, 0) is 87.0 Å². The van der Waals surface area contributed by atoms with E-state index in [0.717, 1.165) is 44.6 Å². The summed E-state index contributed by atoms with van der Waals surface area (Å²) in [6, 6.07) is 0. The number of fused-ring (bicyclic) bond motifs is 3. The fourth-order valence-electron chi connectivity index (χ4n) is 8.65. The third-order valence-electron chi connectivity index (χ3n) is 10.6. The molecule has 0 aromatic carbocycles. The number of aliphatic hydroxyl groups is 3. The molecule has 0 aliphatic heterocycles. The van der Waals surface area contributed by atoms with Crippen molar-refractivity contribution in [1.29, 1.82) is 0 Å². The maximum atomic E-state index is 14.1. The van der Waals surface area contributed by atoms with Gasteiger partial charge in [0, 0.05) is 12.3 Å². The van der Waals surface area contributed by atoms with Crippen molar-refractivity contribution < 1.29 is 34.5 Å². The second kappa shape index (κ2) is 10.2. The van der Waals surface area contributed by atoms with Crippen molar-refractivity contribution in [2.75, 3.05) is 0 Å². The lowest BCUT2D eigenvalue weighted by Gasteiger charge is -2.57. The highest BCUT2D eigenvalue weighted by atomic mass is 16.4. The van der Waals surface area contributed by atoms with Crippen molar-refractivity contribution in [3.8, 4) is 0 Å². The molecule has 3 N–H and O–H groups in total. The highest BCUT2D eigenvalue weighted by molar-refractivity contribution is 6.23. The van der Waals surface area contributed by atoms with E-state index in [9.17, 15) is 34.5 Å². The minimum absolute atomic E-state index is 0.0986.